The largest absolute Gasteiger partial charge is 0.309 e. The van der Waals surface area contributed by atoms with Crippen LogP contribution in [0.1, 0.15) is 0 Å². The van der Waals surface area contributed by atoms with E-state index in [0.29, 0.717) is 0 Å². The fourth-order valence-electron chi connectivity index (χ4n) is 7.35. The summed E-state index contributed by atoms with van der Waals surface area (Å²) < 4.78 is 4.94. The molecule has 0 aliphatic rings. The number of hydrogen-bond acceptors (Lipinski definition) is 2. The van der Waals surface area contributed by atoms with E-state index in [4.69, 9.17) is 4.98 Å². The second-order valence-electron chi connectivity index (χ2n) is 12.8. The summed E-state index contributed by atoms with van der Waals surface area (Å²) in [6.07, 6.45) is 0. The lowest BCUT2D eigenvalue weighted by Gasteiger charge is -2.11. The number of aromatic nitrogens is 2. The van der Waals surface area contributed by atoms with Gasteiger partial charge in [0.25, 0.3) is 0 Å². The number of rotatable bonds is 5. The van der Waals surface area contributed by atoms with Gasteiger partial charge in [-0.25, -0.2) is 4.98 Å². The number of nitrogens with zero attached hydrogens (tertiary/aromatic N) is 2. The van der Waals surface area contributed by atoms with Gasteiger partial charge < -0.3 is 4.57 Å². The molecule has 7 aromatic carbocycles. The average Bonchev–Trinajstić information content (AvgIpc) is 3.73. The van der Waals surface area contributed by atoms with Crippen LogP contribution in [0.3, 0.4) is 0 Å². The minimum absolute atomic E-state index is 0.975. The van der Waals surface area contributed by atoms with Crippen molar-refractivity contribution in [2.75, 3.05) is 0 Å². The molecule has 0 saturated carbocycles. The molecule has 0 N–H and O–H groups in total. The lowest BCUT2D eigenvalue weighted by atomic mass is 9.98. The van der Waals surface area contributed by atoms with Crippen molar-refractivity contribution >= 4 is 53.3 Å². The van der Waals surface area contributed by atoms with Crippen LogP contribution in [0.5, 0.6) is 0 Å². The van der Waals surface area contributed by atoms with Gasteiger partial charge in [0.15, 0.2) is 0 Å². The molecule has 234 valence electrons. The fourth-order valence-corrected chi connectivity index (χ4v) is 8.42. The molecule has 2 nitrogen and oxygen atoms in total. The zero-order valence-electron chi connectivity index (χ0n) is 27.1. The Kier molecular flexibility index (Phi) is 6.71. The highest BCUT2D eigenvalue weighted by Crippen LogP contribution is 2.40. The van der Waals surface area contributed by atoms with E-state index in [2.05, 4.69) is 187 Å². The topological polar surface area (TPSA) is 17.8 Å². The highest BCUT2D eigenvalue weighted by molar-refractivity contribution is 7.25. The van der Waals surface area contributed by atoms with Gasteiger partial charge in [0.2, 0.25) is 0 Å². The van der Waals surface area contributed by atoms with E-state index in [0.717, 1.165) is 33.8 Å². The van der Waals surface area contributed by atoms with Gasteiger partial charge in [0.1, 0.15) is 0 Å². The van der Waals surface area contributed by atoms with Crippen LogP contribution in [0.15, 0.2) is 182 Å². The van der Waals surface area contributed by atoms with E-state index in [-0.39, 0.29) is 0 Å². The van der Waals surface area contributed by atoms with Crippen LogP contribution in [-0.2, 0) is 0 Å². The highest BCUT2D eigenvalue weighted by atomic mass is 32.1. The maximum atomic E-state index is 5.20. The van der Waals surface area contributed by atoms with Crippen LogP contribution in [0, 0.1) is 0 Å². The van der Waals surface area contributed by atoms with Gasteiger partial charge in [0, 0.05) is 47.8 Å². The van der Waals surface area contributed by atoms with E-state index in [1.54, 1.807) is 0 Å². The van der Waals surface area contributed by atoms with Crippen LogP contribution in [0.25, 0.3) is 92.4 Å². The lowest BCUT2D eigenvalue weighted by molar-refractivity contribution is 1.18. The summed E-state index contributed by atoms with van der Waals surface area (Å²) in [4.78, 5) is 5.20. The van der Waals surface area contributed by atoms with E-state index in [1.807, 2.05) is 11.3 Å². The SMILES string of the molecule is c1ccc(-c2cc(-c3ccccc3)nc(-c3ccc4sc5ccc(-c6ccc(-n7c8ccccc8c8ccccc87)cc6)cc5c4c3)c2)cc1. The normalized spacial score (nSPS) is 11.6. The maximum absolute atomic E-state index is 5.20. The van der Waals surface area contributed by atoms with Gasteiger partial charge >= 0.3 is 0 Å². The summed E-state index contributed by atoms with van der Waals surface area (Å²) >= 11 is 1.85. The second-order valence-corrected chi connectivity index (χ2v) is 13.9. The first-order valence-electron chi connectivity index (χ1n) is 17.0. The minimum atomic E-state index is 0.975. The Balaban J connectivity index is 1.06. The summed E-state index contributed by atoms with van der Waals surface area (Å²) in [5.74, 6) is 0. The Hall–Kier alpha value is -6.29. The Morgan fingerprint density at radius 1 is 0.340 bits per heavy atom. The molecule has 0 amide bonds. The Morgan fingerprint density at radius 2 is 0.820 bits per heavy atom. The first-order chi connectivity index (χ1) is 24.8. The predicted molar refractivity (Wildman–Crippen MR) is 213 cm³/mol. The van der Waals surface area contributed by atoms with Gasteiger partial charge in [-0.2, -0.15) is 0 Å². The third-order valence-corrected chi connectivity index (χ3v) is 11.0. The van der Waals surface area contributed by atoms with E-state index in [9.17, 15) is 0 Å². The number of thiophene rings is 1. The number of hydrogen-bond donors (Lipinski definition) is 0. The quantitative estimate of drug-likeness (QED) is 0.181. The van der Waals surface area contributed by atoms with Gasteiger partial charge in [-0.15, -0.1) is 11.3 Å². The zero-order valence-corrected chi connectivity index (χ0v) is 27.9. The number of fused-ring (bicyclic) bond motifs is 6. The predicted octanol–water partition coefficient (Wildman–Crippen LogP) is 13.2. The van der Waals surface area contributed by atoms with Crippen molar-refractivity contribution in [1.29, 1.82) is 0 Å². The fraction of sp³-hybridized carbons (Fsp3) is 0. The molecule has 0 bridgehead atoms. The van der Waals surface area contributed by atoms with Crippen LogP contribution in [0.4, 0.5) is 0 Å². The Labute approximate surface area is 294 Å². The van der Waals surface area contributed by atoms with Crippen molar-refractivity contribution in [1.82, 2.24) is 9.55 Å². The monoisotopic (exact) mass is 654 g/mol. The average molecular weight is 655 g/mol. The van der Waals surface area contributed by atoms with Crippen LogP contribution in [0.2, 0.25) is 0 Å². The molecular weight excluding hydrogens is 625 g/mol. The van der Waals surface area contributed by atoms with Crippen molar-refractivity contribution in [2.45, 2.75) is 0 Å². The van der Waals surface area contributed by atoms with Crippen molar-refractivity contribution in [3.63, 3.8) is 0 Å². The third kappa shape index (κ3) is 4.82. The summed E-state index contributed by atoms with van der Waals surface area (Å²) in [5, 5.41) is 5.09. The van der Waals surface area contributed by atoms with E-state index < -0.39 is 0 Å². The molecule has 0 spiro atoms. The molecule has 0 radical (unpaired) electrons. The molecule has 0 aliphatic heterocycles. The van der Waals surface area contributed by atoms with Crippen molar-refractivity contribution in [3.8, 4) is 50.5 Å². The van der Waals surface area contributed by atoms with Crippen LogP contribution in [-0.4, -0.2) is 9.55 Å². The van der Waals surface area contributed by atoms with Crippen molar-refractivity contribution in [3.05, 3.63) is 182 Å². The number of para-hydroxylation sites is 2. The molecule has 0 aliphatic carbocycles. The zero-order chi connectivity index (χ0) is 33.0. The first-order valence-corrected chi connectivity index (χ1v) is 17.8. The molecule has 0 atom stereocenters. The third-order valence-electron chi connectivity index (χ3n) is 9.81. The molecule has 3 aromatic heterocycles. The van der Waals surface area contributed by atoms with Gasteiger partial charge in [-0.3, -0.25) is 0 Å². The maximum Gasteiger partial charge on any atom is 0.0715 e. The highest BCUT2D eigenvalue weighted by Gasteiger charge is 2.14. The number of benzene rings is 7. The standard InChI is InChI=1S/C47H30N2S/c1-3-11-31(12-4-1)36-29-42(33-13-5-2-6-14-33)48-43(30-36)35-22-26-47-41(28-35)40-27-34(21-25-46(40)50-47)32-19-23-37(24-20-32)49-44-17-9-7-15-38(44)39-16-8-10-18-45(39)49/h1-30H. The summed E-state index contributed by atoms with van der Waals surface area (Å²) in [7, 11) is 0. The molecule has 0 unspecified atom stereocenters. The molecule has 10 rings (SSSR count). The summed E-state index contributed by atoms with van der Waals surface area (Å²) in [6, 6.07) is 65.5. The van der Waals surface area contributed by atoms with Crippen LogP contribution < -0.4 is 0 Å². The molecule has 0 saturated heterocycles. The van der Waals surface area contributed by atoms with Gasteiger partial charge in [-0.05, 0) is 82.9 Å². The summed E-state index contributed by atoms with van der Waals surface area (Å²) in [5.41, 5.74) is 12.6. The molecule has 3 heterocycles. The molecular formula is C47H30N2S. The van der Waals surface area contributed by atoms with E-state index >= 15 is 0 Å². The second kappa shape index (κ2) is 11.7. The lowest BCUT2D eigenvalue weighted by Crippen LogP contribution is -1.93. The Morgan fingerprint density at radius 3 is 1.46 bits per heavy atom. The van der Waals surface area contributed by atoms with Crippen LogP contribution >= 0.6 is 11.3 Å². The summed E-state index contributed by atoms with van der Waals surface area (Å²) in [6.45, 7) is 0. The molecule has 0 fully saturated rings. The van der Waals surface area contributed by atoms with Gasteiger partial charge in [-0.1, -0.05) is 121 Å². The smallest absolute Gasteiger partial charge is 0.0715 e. The molecule has 10 aromatic rings. The molecule has 50 heavy (non-hydrogen) atoms. The van der Waals surface area contributed by atoms with Crippen molar-refractivity contribution < 1.29 is 0 Å². The minimum Gasteiger partial charge on any atom is -0.309 e. The Bertz CT molecular complexity index is 2730. The van der Waals surface area contributed by atoms with Crippen molar-refractivity contribution in [2.24, 2.45) is 0 Å². The first kappa shape index (κ1) is 28.7. The van der Waals surface area contributed by atoms with E-state index in [1.165, 1.54) is 58.7 Å². The van der Waals surface area contributed by atoms with Gasteiger partial charge in [0.05, 0.1) is 22.4 Å². The number of pyridine rings is 1. The molecule has 3 heteroatoms.